The fourth-order valence-corrected chi connectivity index (χ4v) is 2.03. The van der Waals surface area contributed by atoms with Gasteiger partial charge in [-0.2, -0.15) is 10.2 Å². The Balaban J connectivity index is 2.38. The van der Waals surface area contributed by atoms with Crippen LogP contribution < -0.4 is 5.43 Å². The first-order chi connectivity index (χ1) is 12.5. The number of hydrogen-bond acceptors (Lipinski definition) is 9. The highest BCUT2D eigenvalue weighted by molar-refractivity contribution is 5.99. The van der Waals surface area contributed by atoms with Crippen LogP contribution in [-0.4, -0.2) is 37.5 Å². The van der Waals surface area contributed by atoms with Crippen LogP contribution in [-0.2, 0) is 19.1 Å². The Kier molecular flexibility index (Phi) is 6.31. The molecule has 0 saturated carbocycles. The molecule has 0 fully saturated rings. The molecule has 0 aliphatic carbocycles. The van der Waals surface area contributed by atoms with E-state index in [2.05, 4.69) is 10.2 Å². The van der Waals surface area contributed by atoms with Crippen molar-refractivity contribution >= 4 is 34.9 Å². The summed E-state index contributed by atoms with van der Waals surface area (Å²) >= 11 is 0. The van der Waals surface area contributed by atoms with Gasteiger partial charge in [0.1, 0.15) is 11.8 Å². The molecule has 0 unspecified atom stereocenters. The van der Waals surface area contributed by atoms with Crippen LogP contribution in [0.15, 0.2) is 43.9 Å². The van der Waals surface area contributed by atoms with Crippen molar-refractivity contribution in [3.8, 4) is 0 Å². The van der Waals surface area contributed by atoms with Crippen molar-refractivity contribution in [2.24, 2.45) is 10.2 Å². The second kappa shape index (κ2) is 8.65. The summed E-state index contributed by atoms with van der Waals surface area (Å²) in [6, 6.07) is 2.71. The molecule has 0 bridgehead atoms. The standard InChI is InChI=1S/C17H16N2O7/c1-3-24-16(22)14(17(23)25-4-2)19-18-11-5-6-13-12(7-11)15(21)10(8-20)9-26-13/h5-9,14H,3-4H2,1-2H3. The van der Waals surface area contributed by atoms with E-state index in [1.165, 1.54) is 18.2 Å². The number of aldehydes is 1. The molecule has 2 aromatic rings. The van der Waals surface area contributed by atoms with E-state index in [1.807, 2.05) is 0 Å². The van der Waals surface area contributed by atoms with E-state index in [4.69, 9.17) is 13.9 Å². The maximum Gasteiger partial charge on any atom is 0.344 e. The first-order valence-electron chi connectivity index (χ1n) is 7.76. The van der Waals surface area contributed by atoms with Crippen LogP contribution >= 0.6 is 0 Å². The Bertz CT molecular complexity index is 899. The first-order valence-corrected chi connectivity index (χ1v) is 7.76. The van der Waals surface area contributed by atoms with Crippen molar-refractivity contribution in [2.75, 3.05) is 13.2 Å². The number of nitrogens with zero attached hydrogens (tertiary/aromatic N) is 2. The molecule has 1 heterocycles. The molecule has 1 aromatic carbocycles. The second-order valence-corrected chi connectivity index (χ2v) is 4.94. The quantitative estimate of drug-likeness (QED) is 0.321. The number of fused-ring (bicyclic) bond motifs is 1. The Labute approximate surface area is 147 Å². The minimum atomic E-state index is -1.57. The number of benzene rings is 1. The van der Waals surface area contributed by atoms with Gasteiger partial charge in [0.05, 0.1) is 29.9 Å². The van der Waals surface area contributed by atoms with Crippen molar-refractivity contribution in [2.45, 2.75) is 19.9 Å². The molecule has 26 heavy (non-hydrogen) atoms. The van der Waals surface area contributed by atoms with Gasteiger partial charge in [0.2, 0.25) is 5.43 Å². The number of esters is 2. The summed E-state index contributed by atoms with van der Waals surface area (Å²) in [4.78, 5) is 46.7. The molecular weight excluding hydrogens is 344 g/mol. The smallest absolute Gasteiger partial charge is 0.344 e. The highest BCUT2D eigenvalue weighted by atomic mass is 16.6. The number of rotatable bonds is 7. The molecule has 1 aromatic heterocycles. The minimum absolute atomic E-state index is 0.0652. The van der Waals surface area contributed by atoms with Crippen molar-refractivity contribution in [3.05, 3.63) is 40.2 Å². The Hall–Kier alpha value is -3.36. The molecule has 0 saturated heterocycles. The van der Waals surface area contributed by atoms with E-state index >= 15 is 0 Å². The SMILES string of the molecule is CCOC(=O)C(N=Nc1ccc2occ(C=O)c(=O)c2c1)C(=O)OCC. The van der Waals surface area contributed by atoms with Crippen molar-refractivity contribution < 1.29 is 28.3 Å². The van der Waals surface area contributed by atoms with Gasteiger partial charge in [-0.3, -0.25) is 9.59 Å². The fourth-order valence-electron chi connectivity index (χ4n) is 2.03. The van der Waals surface area contributed by atoms with Gasteiger partial charge < -0.3 is 13.9 Å². The van der Waals surface area contributed by atoms with E-state index in [0.717, 1.165) is 6.26 Å². The molecule has 0 amide bonds. The molecule has 9 heteroatoms. The average Bonchev–Trinajstić information content (AvgIpc) is 2.63. The zero-order valence-corrected chi connectivity index (χ0v) is 14.1. The third kappa shape index (κ3) is 4.18. The van der Waals surface area contributed by atoms with E-state index in [1.54, 1.807) is 13.8 Å². The summed E-state index contributed by atoms with van der Waals surface area (Å²) in [5, 5.41) is 7.62. The highest BCUT2D eigenvalue weighted by Crippen LogP contribution is 2.20. The molecule has 0 aliphatic rings. The molecule has 2 rings (SSSR count). The zero-order chi connectivity index (χ0) is 19.1. The molecule has 9 nitrogen and oxygen atoms in total. The van der Waals surface area contributed by atoms with Crippen molar-refractivity contribution in [1.29, 1.82) is 0 Å². The van der Waals surface area contributed by atoms with E-state index in [0.29, 0.717) is 6.29 Å². The third-order valence-corrected chi connectivity index (χ3v) is 3.22. The predicted octanol–water partition coefficient (Wildman–Crippen LogP) is 2.18. The lowest BCUT2D eigenvalue weighted by molar-refractivity contribution is -0.156. The highest BCUT2D eigenvalue weighted by Gasteiger charge is 2.29. The van der Waals surface area contributed by atoms with E-state index in [9.17, 15) is 19.2 Å². The van der Waals surface area contributed by atoms with Gasteiger partial charge in [-0.25, -0.2) is 9.59 Å². The van der Waals surface area contributed by atoms with Crippen molar-refractivity contribution in [1.82, 2.24) is 0 Å². The molecular formula is C17H16N2O7. The number of carbonyl (C=O) groups excluding carboxylic acids is 3. The number of carbonyl (C=O) groups is 3. The summed E-state index contributed by atoms with van der Waals surface area (Å²) in [6.07, 6.45) is 1.45. The molecule has 136 valence electrons. The monoisotopic (exact) mass is 360 g/mol. The predicted molar refractivity (Wildman–Crippen MR) is 89.4 cm³/mol. The van der Waals surface area contributed by atoms with Crippen LogP contribution in [0.2, 0.25) is 0 Å². The Morgan fingerprint density at radius 2 is 1.85 bits per heavy atom. The molecule has 0 atom stereocenters. The number of hydrogen-bond donors (Lipinski definition) is 0. The van der Waals surface area contributed by atoms with E-state index in [-0.39, 0.29) is 35.4 Å². The summed E-state index contributed by atoms with van der Waals surface area (Å²) < 4.78 is 14.7. The largest absolute Gasteiger partial charge is 0.464 e. The van der Waals surface area contributed by atoms with Crippen LogP contribution in [0.5, 0.6) is 0 Å². The van der Waals surface area contributed by atoms with Gasteiger partial charge in [-0.1, -0.05) is 0 Å². The van der Waals surface area contributed by atoms with Gasteiger partial charge in [0.25, 0.3) is 6.04 Å². The molecule has 0 aliphatic heterocycles. The van der Waals surface area contributed by atoms with Crippen LogP contribution in [0.25, 0.3) is 11.0 Å². The van der Waals surface area contributed by atoms with Gasteiger partial charge in [-0.05, 0) is 32.0 Å². The van der Waals surface area contributed by atoms with Crippen LogP contribution in [0, 0.1) is 0 Å². The maximum atomic E-state index is 12.1. The Morgan fingerprint density at radius 1 is 1.19 bits per heavy atom. The normalized spacial score (nSPS) is 11.0. The third-order valence-electron chi connectivity index (χ3n) is 3.22. The van der Waals surface area contributed by atoms with Gasteiger partial charge in [0, 0.05) is 0 Å². The number of ether oxygens (including phenoxy) is 2. The second-order valence-electron chi connectivity index (χ2n) is 4.94. The average molecular weight is 360 g/mol. The van der Waals surface area contributed by atoms with Crippen LogP contribution in [0.4, 0.5) is 5.69 Å². The molecule has 0 N–H and O–H groups in total. The van der Waals surface area contributed by atoms with E-state index < -0.39 is 23.4 Å². The van der Waals surface area contributed by atoms with Crippen LogP contribution in [0.1, 0.15) is 24.2 Å². The lowest BCUT2D eigenvalue weighted by Gasteiger charge is -2.09. The lowest BCUT2D eigenvalue weighted by atomic mass is 10.1. The number of azo groups is 1. The maximum absolute atomic E-state index is 12.1. The van der Waals surface area contributed by atoms with Crippen molar-refractivity contribution in [3.63, 3.8) is 0 Å². The summed E-state index contributed by atoms with van der Waals surface area (Å²) in [7, 11) is 0. The summed E-state index contributed by atoms with van der Waals surface area (Å²) in [5.74, 6) is -1.78. The summed E-state index contributed by atoms with van der Waals surface area (Å²) in [5.41, 5.74) is -0.216. The van der Waals surface area contributed by atoms with Crippen LogP contribution in [0.3, 0.4) is 0 Å². The fraction of sp³-hybridized carbons (Fsp3) is 0.294. The van der Waals surface area contributed by atoms with Gasteiger partial charge in [0.15, 0.2) is 6.29 Å². The zero-order valence-electron chi connectivity index (χ0n) is 14.1. The lowest BCUT2D eigenvalue weighted by Crippen LogP contribution is -2.31. The summed E-state index contributed by atoms with van der Waals surface area (Å²) in [6.45, 7) is 3.31. The molecule has 0 radical (unpaired) electrons. The Morgan fingerprint density at radius 3 is 2.42 bits per heavy atom. The minimum Gasteiger partial charge on any atom is -0.464 e. The van der Waals surface area contributed by atoms with Gasteiger partial charge >= 0.3 is 11.9 Å². The first kappa shape index (κ1) is 19.0. The molecule has 0 spiro atoms. The topological polar surface area (TPSA) is 125 Å². The van der Waals surface area contributed by atoms with Gasteiger partial charge in [-0.15, -0.1) is 0 Å².